The monoisotopic (exact) mass is 247 g/mol. The first-order valence-corrected chi connectivity index (χ1v) is 6.23. The van der Waals surface area contributed by atoms with Crippen LogP contribution < -0.4 is 29.6 Å². The summed E-state index contributed by atoms with van der Waals surface area (Å²) in [4.78, 5) is 2.04. The molecule has 0 atom stereocenters. The van der Waals surface area contributed by atoms with Crippen LogP contribution in [0.2, 0.25) is 0 Å². The Morgan fingerprint density at radius 3 is 2.40 bits per heavy atom. The van der Waals surface area contributed by atoms with Gasteiger partial charge in [-0.2, -0.15) is 0 Å². The molecule has 0 saturated carbocycles. The first kappa shape index (κ1) is 18.2. The van der Waals surface area contributed by atoms with E-state index in [1.54, 1.807) is 0 Å². The van der Waals surface area contributed by atoms with E-state index in [4.69, 9.17) is 4.74 Å². The summed E-state index contributed by atoms with van der Waals surface area (Å²) < 4.78 is 35.2. The summed E-state index contributed by atoms with van der Waals surface area (Å²) in [7, 11) is -2.29. The predicted molar refractivity (Wildman–Crippen MR) is 52.9 cm³/mol. The molecule has 0 aliphatic carbocycles. The normalized spacial score (nSPS) is 11.5. The van der Waals surface area contributed by atoms with Gasteiger partial charge in [-0.15, -0.1) is 0 Å². The molecule has 7 heteroatoms. The molecule has 0 aromatic rings. The zero-order chi connectivity index (χ0) is 11.0. The van der Waals surface area contributed by atoms with Crippen molar-refractivity contribution in [3.8, 4) is 0 Å². The Hall–Kier alpha value is 0.830. The summed E-state index contributed by atoms with van der Waals surface area (Å²) in [5.74, 6) is -0.728. The molecule has 0 N–H and O–H groups in total. The van der Waals surface area contributed by atoms with Crippen LogP contribution in [-0.4, -0.2) is 50.6 Å². The second-order valence-corrected chi connectivity index (χ2v) is 4.59. The molecule has 0 aliphatic rings. The smallest absolute Gasteiger partial charge is 0.746 e. The molecule has 0 amide bonds. The molecule has 5 nitrogen and oxygen atoms in total. The van der Waals surface area contributed by atoms with Crippen molar-refractivity contribution < 1.29 is 47.3 Å². The maximum absolute atomic E-state index is 10.2. The third-order valence-corrected chi connectivity index (χ3v) is 2.19. The Morgan fingerprint density at radius 1 is 1.33 bits per heavy atom. The minimum atomic E-state index is -4.23. The van der Waals surface area contributed by atoms with Gasteiger partial charge in [0.15, 0.2) is 0 Å². The molecule has 0 unspecified atom stereocenters. The zero-order valence-electron chi connectivity index (χ0n) is 9.73. The predicted octanol–water partition coefficient (Wildman–Crippen LogP) is -2.76. The van der Waals surface area contributed by atoms with Gasteiger partial charge in [-0.1, -0.05) is 13.3 Å². The van der Waals surface area contributed by atoms with Crippen molar-refractivity contribution in [2.45, 2.75) is 19.8 Å². The first-order valence-electron chi connectivity index (χ1n) is 4.65. The van der Waals surface area contributed by atoms with Crippen LogP contribution >= 0.6 is 0 Å². The summed E-state index contributed by atoms with van der Waals surface area (Å²) in [6.07, 6.45) is 2.23. The molecule has 0 aliphatic heterocycles. The molecular weight excluding hydrogens is 229 g/mol. The van der Waals surface area contributed by atoms with E-state index in [1.165, 1.54) is 0 Å². The Morgan fingerprint density at radius 2 is 1.93 bits per heavy atom. The SMILES string of the molecule is CCCCN(C)CCOCS(=O)(=O)[O-].[Na+]. The van der Waals surface area contributed by atoms with Crippen molar-refractivity contribution in [1.29, 1.82) is 0 Å². The van der Waals surface area contributed by atoms with Gasteiger partial charge in [-0.05, 0) is 20.0 Å². The van der Waals surface area contributed by atoms with E-state index in [9.17, 15) is 13.0 Å². The third kappa shape index (κ3) is 14.8. The Balaban J connectivity index is 0. The topological polar surface area (TPSA) is 69.7 Å². The number of hydrogen-bond acceptors (Lipinski definition) is 5. The molecule has 0 fully saturated rings. The third-order valence-electron chi connectivity index (χ3n) is 1.74. The number of rotatable bonds is 8. The molecule has 0 radical (unpaired) electrons. The first-order chi connectivity index (χ1) is 6.45. The molecule has 0 aromatic carbocycles. The van der Waals surface area contributed by atoms with Gasteiger partial charge in [0, 0.05) is 6.54 Å². The van der Waals surface area contributed by atoms with E-state index < -0.39 is 16.1 Å². The van der Waals surface area contributed by atoms with Crippen LogP contribution in [0.15, 0.2) is 0 Å². The Kier molecular flexibility index (Phi) is 12.2. The van der Waals surface area contributed by atoms with Gasteiger partial charge in [0.1, 0.15) is 16.1 Å². The fourth-order valence-electron chi connectivity index (χ4n) is 0.921. The van der Waals surface area contributed by atoms with E-state index in [-0.39, 0.29) is 36.2 Å². The number of unbranched alkanes of at least 4 members (excludes halogenated alkanes) is 1. The van der Waals surface area contributed by atoms with Crippen LogP contribution in [0.3, 0.4) is 0 Å². The molecule has 0 aromatic heterocycles. The quantitative estimate of drug-likeness (QED) is 0.264. The summed E-state index contributed by atoms with van der Waals surface area (Å²) in [5.41, 5.74) is 0. The average molecular weight is 247 g/mol. The summed E-state index contributed by atoms with van der Waals surface area (Å²) in [6.45, 7) is 4.00. The fraction of sp³-hybridized carbons (Fsp3) is 1.00. The summed E-state index contributed by atoms with van der Waals surface area (Å²) in [6, 6.07) is 0. The van der Waals surface area contributed by atoms with Crippen molar-refractivity contribution >= 4 is 10.1 Å². The molecular formula is C8H18NNaO4S. The van der Waals surface area contributed by atoms with Gasteiger partial charge in [0.05, 0.1) is 6.61 Å². The van der Waals surface area contributed by atoms with E-state index in [0.717, 1.165) is 19.4 Å². The standard InChI is InChI=1S/C8H19NO4S.Na/c1-3-4-5-9(2)6-7-13-8-14(10,11)12;/h3-8H2,1-2H3,(H,10,11,12);/q;+1/p-1. The van der Waals surface area contributed by atoms with E-state index in [0.29, 0.717) is 6.54 Å². The molecule has 0 spiro atoms. The molecule has 0 heterocycles. The molecule has 86 valence electrons. The summed E-state index contributed by atoms with van der Waals surface area (Å²) >= 11 is 0. The minimum absolute atomic E-state index is 0. The number of ether oxygens (including phenoxy) is 1. The van der Waals surface area contributed by atoms with Crippen molar-refractivity contribution in [3.63, 3.8) is 0 Å². The van der Waals surface area contributed by atoms with Gasteiger partial charge in [0.25, 0.3) is 0 Å². The van der Waals surface area contributed by atoms with Crippen molar-refractivity contribution in [3.05, 3.63) is 0 Å². The second-order valence-electron chi connectivity index (χ2n) is 3.24. The Bertz CT molecular complexity index is 233. The number of hydrogen-bond donors (Lipinski definition) is 0. The van der Waals surface area contributed by atoms with Crippen molar-refractivity contribution in [1.82, 2.24) is 4.90 Å². The zero-order valence-corrected chi connectivity index (χ0v) is 12.5. The van der Waals surface area contributed by atoms with E-state index in [1.807, 2.05) is 11.9 Å². The van der Waals surface area contributed by atoms with Gasteiger partial charge in [0.2, 0.25) is 0 Å². The largest absolute Gasteiger partial charge is 1.00 e. The molecule has 15 heavy (non-hydrogen) atoms. The van der Waals surface area contributed by atoms with Gasteiger partial charge in [-0.25, -0.2) is 8.42 Å². The second kappa shape index (κ2) is 10.0. The van der Waals surface area contributed by atoms with Crippen LogP contribution in [0.1, 0.15) is 19.8 Å². The number of likely N-dealkylation sites (N-methyl/N-ethyl adjacent to an activating group) is 1. The fourth-order valence-corrected chi connectivity index (χ4v) is 1.24. The van der Waals surface area contributed by atoms with E-state index >= 15 is 0 Å². The van der Waals surface area contributed by atoms with Crippen molar-refractivity contribution in [2.24, 2.45) is 0 Å². The van der Waals surface area contributed by atoms with Crippen LogP contribution in [0.25, 0.3) is 0 Å². The minimum Gasteiger partial charge on any atom is -0.746 e. The molecule has 0 bridgehead atoms. The maximum atomic E-state index is 10.2. The van der Waals surface area contributed by atoms with Gasteiger partial charge >= 0.3 is 29.6 Å². The van der Waals surface area contributed by atoms with Crippen LogP contribution in [0.4, 0.5) is 0 Å². The summed E-state index contributed by atoms with van der Waals surface area (Å²) in [5, 5.41) is 0. The number of nitrogens with zero attached hydrogens (tertiary/aromatic N) is 1. The molecule has 0 saturated heterocycles. The molecule has 0 rings (SSSR count). The average Bonchev–Trinajstić information content (AvgIpc) is 2.07. The Labute approximate surface area is 114 Å². The van der Waals surface area contributed by atoms with Gasteiger partial charge < -0.3 is 14.2 Å². The maximum Gasteiger partial charge on any atom is 1.00 e. The van der Waals surface area contributed by atoms with Crippen LogP contribution in [0.5, 0.6) is 0 Å². The van der Waals surface area contributed by atoms with Crippen molar-refractivity contribution in [2.75, 3.05) is 32.7 Å². The van der Waals surface area contributed by atoms with Crippen LogP contribution in [-0.2, 0) is 14.9 Å². The van der Waals surface area contributed by atoms with E-state index in [2.05, 4.69) is 6.92 Å². The van der Waals surface area contributed by atoms with Gasteiger partial charge in [-0.3, -0.25) is 0 Å². The van der Waals surface area contributed by atoms with Crippen LogP contribution in [0, 0.1) is 0 Å².